The Morgan fingerprint density at radius 1 is 0.952 bits per heavy atom. The molecule has 2 rings (SSSR count). The number of hydrogen-bond donors (Lipinski definition) is 1. The zero-order chi connectivity index (χ0) is 15.6. The Balaban J connectivity index is 2.58. The topological polar surface area (TPSA) is 12.0 Å². The molecule has 0 bridgehead atoms. The number of rotatable bonds is 4. The van der Waals surface area contributed by atoms with Crippen LogP contribution in [0.15, 0.2) is 30.3 Å². The molecule has 112 valence electrons. The lowest BCUT2D eigenvalue weighted by Gasteiger charge is -2.21. The summed E-state index contributed by atoms with van der Waals surface area (Å²) in [6, 6.07) is 5.18. The third kappa shape index (κ3) is 3.51. The molecule has 0 heterocycles. The summed E-state index contributed by atoms with van der Waals surface area (Å²) in [7, 11) is 0. The summed E-state index contributed by atoms with van der Waals surface area (Å²) in [6.07, 6.45) is 0. The van der Waals surface area contributed by atoms with Gasteiger partial charge in [-0.3, -0.25) is 0 Å². The zero-order valence-corrected chi connectivity index (χ0v) is 12.6. The van der Waals surface area contributed by atoms with E-state index in [1.165, 1.54) is 18.2 Å². The Morgan fingerprint density at radius 3 is 2.29 bits per heavy atom. The van der Waals surface area contributed by atoms with Crippen LogP contribution in [0, 0.1) is 17.5 Å². The van der Waals surface area contributed by atoms with Gasteiger partial charge in [0.2, 0.25) is 0 Å². The maximum absolute atomic E-state index is 14.0. The normalized spacial score (nSPS) is 12.5. The lowest BCUT2D eigenvalue weighted by Crippen LogP contribution is -2.23. The minimum absolute atomic E-state index is 0.0132. The van der Waals surface area contributed by atoms with E-state index in [0.29, 0.717) is 11.6 Å². The molecule has 0 spiro atoms. The highest BCUT2D eigenvalue weighted by Crippen LogP contribution is 2.32. The molecule has 0 saturated carbocycles. The molecule has 1 unspecified atom stereocenters. The maximum atomic E-state index is 14.0. The van der Waals surface area contributed by atoms with Crippen LogP contribution in [0.3, 0.4) is 0 Å². The molecule has 0 aliphatic carbocycles. The van der Waals surface area contributed by atoms with Gasteiger partial charge in [0, 0.05) is 15.6 Å². The van der Waals surface area contributed by atoms with Gasteiger partial charge in [-0.2, -0.15) is 0 Å². The second kappa shape index (κ2) is 6.69. The van der Waals surface area contributed by atoms with Crippen LogP contribution >= 0.6 is 23.2 Å². The standard InChI is InChI=1S/C15H12Cl2F3N/c1-2-21-15(10-5-8(16)3-4-12(10)18)9-6-13(19)14(20)7-11(9)17/h3-7,15,21H,2H2,1H3. The molecular weight excluding hydrogens is 322 g/mol. The SMILES string of the molecule is CCNC(c1cc(Cl)ccc1F)c1cc(F)c(F)cc1Cl. The summed E-state index contributed by atoms with van der Waals surface area (Å²) < 4.78 is 40.7. The van der Waals surface area contributed by atoms with Crippen LogP contribution in [0.1, 0.15) is 24.1 Å². The highest BCUT2D eigenvalue weighted by Gasteiger charge is 2.22. The van der Waals surface area contributed by atoms with Crippen molar-refractivity contribution < 1.29 is 13.2 Å². The Kier molecular flexibility index (Phi) is 5.14. The predicted molar refractivity (Wildman–Crippen MR) is 78.3 cm³/mol. The lowest BCUT2D eigenvalue weighted by atomic mass is 9.97. The second-order valence-corrected chi connectivity index (χ2v) is 5.29. The fourth-order valence-corrected chi connectivity index (χ4v) is 2.53. The van der Waals surface area contributed by atoms with Gasteiger partial charge in [-0.1, -0.05) is 30.1 Å². The fourth-order valence-electron chi connectivity index (χ4n) is 2.09. The van der Waals surface area contributed by atoms with E-state index in [1.54, 1.807) is 0 Å². The maximum Gasteiger partial charge on any atom is 0.160 e. The van der Waals surface area contributed by atoms with Crippen molar-refractivity contribution in [3.8, 4) is 0 Å². The van der Waals surface area contributed by atoms with Gasteiger partial charge in [-0.25, -0.2) is 13.2 Å². The van der Waals surface area contributed by atoms with Crippen LogP contribution in [0.4, 0.5) is 13.2 Å². The monoisotopic (exact) mass is 333 g/mol. The zero-order valence-electron chi connectivity index (χ0n) is 11.1. The number of benzene rings is 2. The third-order valence-electron chi connectivity index (χ3n) is 3.03. The van der Waals surface area contributed by atoms with Crippen LogP contribution in [0.5, 0.6) is 0 Å². The fraction of sp³-hybridized carbons (Fsp3) is 0.200. The van der Waals surface area contributed by atoms with Crippen LogP contribution in [-0.2, 0) is 0 Å². The summed E-state index contributed by atoms with van der Waals surface area (Å²) in [6.45, 7) is 2.29. The highest BCUT2D eigenvalue weighted by molar-refractivity contribution is 6.31. The number of halogens is 5. The van der Waals surface area contributed by atoms with Crippen molar-refractivity contribution >= 4 is 23.2 Å². The van der Waals surface area contributed by atoms with E-state index in [-0.39, 0.29) is 16.1 Å². The molecule has 0 fully saturated rings. The minimum atomic E-state index is -1.05. The Bertz CT molecular complexity index is 662. The van der Waals surface area contributed by atoms with Gasteiger partial charge in [0.1, 0.15) is 5.82 Å². The molecule has 6 heteroatoms. The van der Waals surface area contributed by atoms with E-state index < -0.39 is 23.5 Å². The van der Waals surface area contributed by atoms with Gasteiger partial charge in [0.15, 0.2) is 11.6 Å². The van der Waals surface area contributed by atoms with Crippen molar-refractivity contribution in [1.82, 2.24) is 5.32 Å². The average Bonchev–Trinajstić information content (AvgIpc) is 2.43. The predicted octanol–water partition coefficient (Wildman–Crippen LogP) is 5.11. The van der Waals surface area contributed by atoms with E-state index in [1.807, 2.05) is 6.92 Å². The first kappa shape index (κ1) is 16.1. The summed E-state index contributed by atoms with van der Waals surface area (Å²) in [5.41, 5.74) is 0.468. The minimum Gasteiger partial charge on any atom is -0.306 e. The van der Waals surface area contributed by atoms with Gasteiger partial charge in [-0.05, 0) is 42.4 Å². The molecule has 1 nitrogen and oxygen atoms in total. The van der Waals surface area contributed by atoms with Crippen LogP contribution in [-0.4, -0.2) is 6.54 Å². The number of hydrogen-bond acceptors (Lipinski definition) is 1. The van der Waals surface area contributed by atoms with E-state index in [4.69, 9.17) is 23.2 Å². The summed E-state index contributed by atoms with van der Waals surface area (Å²) in [5, 5.41) is 3.35. The van der Waals surface area contributed by atoms with Gasteiger partial charge < -0.3 is 5.32 Å². The lowest BCUT2D eigenvalue weighted by molar-refractivity contribution is 0.502. The Morgan fingerprint density at radius 2 is 1.62 bits per heavy atom. The first-order valence-electron chi connectivity index (χ1n) is 6.26. The number of nitrogens with one attached hydrogen (secondary N) is 1. The molecular formula is C15H12Cl2F3N. The van der Waals surface area contributed by atoms with Crippen molar-refractivity contribution in [1.29, 1.82) is 0 Å². The summed E-state index contributed by atoms with van der Waals surface area (Å²) in [4.78, 5) is 0. The summed E-state index contributed by atoms with van der Waals surface area (Å²) in [5.74, 6) is -2.60. The van der Waals surface area contributed by atoms with Gasteiger partial charge in [-0.15, -0.1) is 0 Å². The molecule has 1 N–H and O–H groups in total. The Hall–Kier alpha value is -1.23. The molecule has 0 radical (unpaired) electrons. The molecule has 2 aromatic rings. The van der Waals surface area contributed by atoms with Gasteiger partial charge >= 0.3 is 0 Å². The molecule has 1 atom stereocenters. The molecule has 21 heavy (non-hydrogen) atoms. The average molecular weight is 334 g/mol. The van der Waals surface area contributed by atoms with Gasteiger partial charge in [0.05, 0.1) is 6.04 Å². The molecule has 0 aromatic heterocycles. The van der Waals surface area contributed by atoms with Crippen LogP contribution in [0.25, 0.3) is 0 Å². The van der Waals surface area contributed by atoms with Crippen molar-refractivity contribution in [2.75, 3.05) is 6.54 Å². The largest absolute Gasteiger partial charge is 0.306 e. The second-order valence-electron chi connectivity index (χ2n) is 4.44. The van der Waals surface area contributed by atoms with Crippen molar-refractivity contribution in [3.63, 3.8) is 0 Å². The first-order chi connectivity index (χ1) is 9.93. The molecule has 0 saturated heterocycles. The highest BCUT2D eigenvalue weighted by atomic mass is 35.5. The summed E-state index contributed by atoms with van der Waals surface area (Å²) >= 11 is 11.9. The van der Waals surface area contributed by atoms with Crippen molar-refractivity contribution in [3.05, 3.63) is 69.0 Å². The van der Waals surface area contributed by atoms with Gasteiger partial charge in [0.25, 0.3) is 0 Å². The van der Waals surface area contributed by atoms with Crippen molar-refractivity contribution in [2.45, 2.75) is 13.0 Å². The van der Waals surface area contributed by atoms with E-state index in [2.05, 4.69) is 5.32 Å². The van der Waals surface area contributed by atoms with E-state index in [0.717, 1.165) is 12.1 Å². The molecule has 2 aromatic carbocycles. The van der Waals surface area contributed by atoms with E-state index >= 15 is 0 Å². The van der Waals surface area contributed by atoms with Crippen LogP contribution in [0.2, 0.25) is 10.0 Å². The molecule has 0 aliphatic heterocycles. The van der Waals surface area contributed by atoms with Crippen molar-refractivity contribution in [2.24, 2.45) is 0 Å². The first-order valence-corrected chi connectivity index (χ1v) is 7.02. The molecule has 0 amide bonds. The molecule has 0 aliphatic rings. The smallest absolute Gasteiger partial charge is 0.160 e. The van der Waals surface area contributed by atoms with E-state index in [9.17, 15) is 13.2 Å². The third-order valence-corrected chi connectivity index (χ3v) is 3.59. The van der Waals surface area contributed by atoms with Crippen LogP contribution < -0.4 is 5.32 Å². The Labute approximate surface area is 130 Å². The quantitative estimate of drug-likeness (QED) is 0.766.